The quantitative estimate of drug-likeness (QED) is 0.842. The Kier molecular flexibility index (Phi) is 7.20. The van der Waals surface area contributed by atoms with Crippen LogP contribution >= 0.6 is 0 Å². The number of phenolic OH excluding ortho intramolecular Hbond substituents is 2. The molecule has 0 aliphatic rings. The molecule has 0 fully saturated rings. The van der Waals surface area contributed by atoms with Gasteiger partial charge in [-0.05, 0) is 42.8 Å². The summed E-state index contributed by atoms with van der Waals surface area (Å²) in [5, 5.41) is 18.3. The number of hydrogen-bond acceptors (Lipinski definition) is 5. The average molecular weight is 316 g/mol. The highest BCUT2D eigenvalue weighted by Gasteiger charge is 2.00. The van der Waals surface area contributed by atoms with Gasteiger partial charge in [-0.3, -0.25) is 4.79 Å². The third kappa shape index (κ3) is 5.39. The minimum absolute atomic E-state index is 0.0399. The summed E-state index contributed by atoms with van der Waals surface area (Å²) >= 11 is 0. The number of allylic oxidation sites excluding steroid dienone is 1. The predicted octanol–water partition coefficient (Wildman–Crippen LogP) is 3.65. The van der Waals surface area contributed by atoms with E-state index >= 15 is 0 Å². The van der Waals surface area contributed by atoms with Crippen LogP contribution in [0.2, 0.25) is 0 Å². The molecule has 0 aliphatic carbocycles. The van der Waals surface area contributed by atoms with E-state index in [4.69, 9.17) is 14.6 Å². The second-order valence-electron chi connectivity index (χ2n) is 4.48. The third-order valence-corrected chi connectivity index (χ3v) is 2.90. The second-order valence-corrected chi connectivity index (χ2v) is 4.48. The molecule has 23 heavy (non-hydrogen) atoms. The molecule has 5 nitrogen and oxygen atoms in total. The minimum atomic E-state index is 0.0399. The molecule has 0 radical (unpaired) electrons. The Morgan fingerprint density at radius 3 is 1.78 bits per heavy atom. The summed E-state index contributed by atoms with van der Waals surface area (Å²) in [6.45, 7) is 1.94. The van der Waals surface area contributed by atoms with E-state index in [1.54, 1.807) is 12.1 Å². The zero-order valence-electron chi connectivity index (χ0n) is 13.3. The molecule has 0 atom stereocenters. The van der Waals surface area contributed by atoms with Crippen LogP contribution in [0.15, 0.2) is 42.5 Å². The number of hydrogen-bond donors (Lipinski definition) is 2. The molecule has 2 N–H and O–H groups in total. The lowest BCUT2D eigenvalue weighted by Crippen LogP contribution is -1.85. The van der Waals surface area contributed by atoms with E-state index < -0.39 is 0 Å². The van der Waals surface area contributed by atoms with Gasteiger partial charge in [-0.2, -0.15) is 0 Å². The first-order valence-electron chi connectivity index (χ1n) is 6.87. The summed E-state index contributed by atoms with van der Waals surface area (Å²) < 4.78 is 9.73. The highest BCUT2D eigenvalue weighted by Crippen LogP contribution is 2.26. The molecule has 0 aromatic heterocycles. The fraction of sp³-hybridized carbons (Fsp3) is 0.167. The lowest BCUT2D eigenvalue weighted by molar-refractivity contribution is 0.112. The largest absolute Gasteiger partial charge is 0.504 e. The Hall–Kier alpha value is -2.95. The number of carbonyl (C=O) groups is 1. The SMILES string of the molecule is C/C=C/c1ccc(O)c(OC)c1.COc1cc(C=O)ccc1O. The van der Waals surface area contributed by atoms with Crippen molar-refractivity contribution in [2.24, 2.45) is 0 Å². The van der Waals surface area contributed by atoms with Crippen LogP contribution in [0.25, 0.3) is 6.08 Å². The molecule has 0 spiro atoms. The van der Waals surface area contributed by atoms with Crippen LogP contribution in [0.4, 0.5) is 0 Å². The molecule has 0 saturated heterocycles. The molecule has 122 valence electrons. The lowest BCUT2D eigenvalue weighted by atomic mass is 10.2. The van der Waals surface area contributed by atoms with Crippen LogP contribution in [0.5, 0.6) is 23.0 Å². The van der Waals surface area contributed by atoms with Crippen molar-refractivity contribution in [1.29, 1.82) is 0 Å². The summed E-state index contributed by atoms with van der Waals surface area (Å²) in [7, 11) is 2.97. The van der Waals surface area contributed by atoms with Gasteiger partial charge in [0.15, 0.2) is 23.0 Å². The Balaban J connectivity index is 0.000000231. The smallest absolute Gasteiger partial charge is 0.161 e. The highest BCUT2D eigenvalue weighted by molar-refractivity contribution is 5.76. The molecule has 2 aromatic rings. The number of aromatic hydroxyl groups is 2. The molecule has 2 aromatic carbocycles. The lowest BCUT2D eigenvalue weighted by Gasteiger charge is -2.03. The summed E-state index contributed by atoms with van der Waals surface area (Å²) in [5.74, 6) is 1.03. The summed E-state index contributed by atoms with van der Waals surface area (Å²) in [4.78, 5) is 10.2. The fourth-order valence-electron chi connectivity index (χ4n) is 1.76. The van der Waals surface area contributed by atoms with Crippen molar-refractivity contribution in [3.05, 3.63) is 53.6 Å². The maximum Gasteiger partial charge on any atom is 0.161 e. The number of ether oxygens (including phenoxy) is 2. The molecule has 0 aliphatic heterocycles. The van der Waals surface area contributed by atoms with Gasteiger partial charge in [-0.25, -0.2) is 0 Å². The van der Waals surface area contributed by atoms with E-state index in [1.165, 1.54) is 32.4 Å². The van der Waals surface area contributed by atoms with Crippen molar-refractivity contribution < 1.29 is 24.5 Å². The summed E-state index contributed by atoms with van der Waals surface area (Å²) in [6, 6.07) is 9.65. The number of carbonyl (C=O) groups excluding carboxylic acids is 1. The average Bonchev–Trinajstić information content (AvgIpc) is 2.58. The first-order valence-corrected chi connectivity index (χ1v) is 6.87. The van der Waals surface area contributed by atoms with E-state index in [0.717, 1.165) is 5.56 Å². The van der Waals surface area contributed by atoms with Crippen molar-refractivity contribution in [3.63, 3.8) is 0 Å². The molecule has 0 saturated carbocycles. The van der Waals surface area contributed by atoms with Gasteiger partial charge in [-0.1, -0.05) is 18.2 Å². The third-order valence-electron chi connectivity index (χ3n) is 2.90. The van der Waals surface area contributed by atoms with Crippen LogP contribution in [0.3, 0.4) is 0 Å². The van der Waals surface area contributed by atoms with Crippen molar-refractivity contribution >= 4 is 12.4 Å². The van der Waals surface area contributed by atoms with Gasteiger partial charge >= 0.3 is 0 Å². The second kappa shape index (κ2) is 9.15. The molecular formula is C18H20O5. The number of rotatable bonds is 4. The van der Waals surface area contributed by atoms with Gasteiger partial charge in [0.1, 0.15) is 6.29 Å². The van der Waals surface area contributed by atoms with Crippen molar-refractivity contribution in [2.45, 2.75) is 6.92 Å². The van der Waals surface area contributed by atoms with Gasteiger partial charge in [0, 0.05) is 5.56 Å². The number of aldehydes is 1. The van der Waals surface area contributed by atoms with Crippen LogP contribution in [-0.2, 0) is 0 Å². The van der Waals surface area contributed by atoms with E-state index in [1.807, 2.05) is 25.1 Å². The standard InChI is InChI=1S/C10H12O2.C8H8O3/c1-3-4-8-5-6-9(11)10(7-8)12-2;1-11-8-4-6(5-9)2-3-7(8)10/h3-7,11H,1-2H3;2-5,10H,1H3/b4-3+;. The first-order chi connectivity index (χ1) is 11.0. The van der Waals surface area contributed by atoms with Crippen molar-refractivity contribution in [1.82, 2.24) is 0 Å². The Bertz CT molecular complexity index is 677. The number of phenols is 2. The van der Waals surface area contributed by atoms with Crippen LogP contribution in [-0.4, -0.2) is 30.7 Å². The van der Waals surface area contributed by atoms with Gasteiger partial charge < -0.3 is 19.7 Å². The molecular weight excluding hydrogens is 296 g/mol. The molecule has 0 heterocycles. The molecule has 0 bridgehead atoms. The zero-order chi connectivity index (χ0) is 17.2. The predicted molar refractivity (Wildman–Crippen MR) is 89.4 cm³/mol. The maximum atomic E-state index is 10.2. The van der Waals surface area contributed by atoms with Crippen LogP contribution in [0.1, 0.15) is 22.8 Å². The highest BCUT2D eigenvalue weighted by atomic mass is 16.5. The number of benzene rings is 2. The Morgan fingerprint density at radius 2 is 1.35 bits per heavy atom. The van der Waals surface area contributed by atoms with Crippen molar-refractivity contribution in [2.75, 3.05) is 14.2 Å². The Labute approximate surface area is 135 Å². The normalized spacial score (nSPS) is 9.87. The fourth-order valence-corrected chi connectivity index (χ4v) is 1.76. The molecule has 0 unspecified atom stereocenters. The van der Waals surface area contributed by atoms with Crippen molar-refractivity contribution in [3.8, 4) is 23.0 Å². The zero-order valence-corrected chi connectivity index (χ0v) is 13.3. The van der Waals surface area contributed by atoms with Crippen LogP contribution in [0, 0.1) is 0 Å². The summed E-state index contributed by atoms with van der Waals surface area (Å²) in [5.41, 5.74) is 1.51. The maximum absolute atomic E-state index is 10.2. The van der Waals surface area contributed by atoms with Crippen LogP contribution < -0.4 is 9.47 Å². The van der Waals surface area contributed by atoms with E-state index in [-0.39, 0.29) is 11.5 Å². The molecule has 0 amide bonds. The van der Waals surface area contributed by atoms with Gasteiger partial charge in [-0.15, -0.1) is 0 Å². The topological polar surface area (TPSA) is 76.0 Å². The molecule has 2 rings (SSSR count). The minimum Gasteiger partial charge on any atom is -0.504 e. The monoisotopic (exact) mass is 316 g/mol. The van der Waals surface area contributed by atoms with Gasteiger partial charge in [0.05, 0.1) is 14.2 Å². The number of methoxy groups -OCH3 is 2. The first kappa shape index (κ1) is 18.1. The van der Waals surface area contributed by atoms with E-state index in [0.29, 0.717) is 23.3 Å². The van der Waals surface area contributed by atoms with E-state index in [2.05, 4.69) is 0 Å². The summed E-state index contributed by atoms with van der Waals surface area (Å²) in [6.07, 6.45) is 4.58. The van der Waals surface area contributed by atoms with Gasteiger partial charge in [0.25, 0.3) is 0 Å². The van der Waals surface area contributed by atoms with Gasteiger partial charge in [0.2, 0.25) is 0 Å². The van der Waals surface area contributed by atoms with E-state index in [9.17, 15) is 9.90 Å². The Morgan fingerprint density at radius 1 is 0.870 bits per heavy atom. The molecule has 5 heteroatoms.